The van der Waals surface area contributed by atoms with Crippen LogP contribution >= 0.6 is 11.6 Å². The van der Waals surface area contributed by atoms with Crippen LogP contribution < -0.4 is 4.74 Å². The van der Waals surface area contributed by atoms with Crippen LogP contribution in [0.25, 0.3) is 5.76 Å². The molecular formula is C24H21ClFN3O4. The van der Waals surface area contributed by atoms with E-state index in [9.17, 15) is 19.1 Å². The second-order valence-electron chi connectivity index (χ2n) is 7.55. The van der Waals surface area contributed by atoms with E-state index in [0.29, 0.717) is 24.3 Å². The third kappa shape index (κ3) is 4.47. The number of likely N-dealkylation sites (tertiary alicyclic amines) is 1. The van der Waals surface area contributed by atoms with Crippen LogP contribution in [0.2, 0.25) is 5.02 Å². The number of aliphatic hydroxyl groups is 1. The molecule has 170 valence electrons. The molecule has 1 aliphatic rings. The number of Topliss-reactive ketones (excluding diaryl/α,β-unsaturated/α-hetero) is 1. The molecule has 3 aromatic rings. The lowest BCUT2D eigenvalue weighted by atomic mass is 9.95. The predicted molar refractivity (Wildman–Crippen MR) is 120 cm³/mol. The summed E-state index contributed by atoms with van der Waals surface area (Å²) in [6, 6.07) is 9.25. The van der Waals surface area contributed by atoms with Crippen molar-refractivity contribution < 1.29 is 23.8 Å². The third-order valence-corrected chi connectivity index (χ3v) is 5.80. The topological polar surface area (TPSA) is 84.7 Å². The van der Waals surface area contributed by atoms with Gasteiger partial charge >= 0.3 is 0 Å². The maximum Gasteiger partial charge on any atom is 0.295 e. The Kier molecular flexibility index (Phi) is 6.46. The summed E-state index contributed by atoms with van der Waals surface area (Å²) in [6.45, 7) is 0.803. The van der Waals surface area contributed by atoms with Crippen LogP contribution in [0.15, 0.2) is 66.8 Å². The van der Waals surface area contributed by atoms with Crippen molar-refractivity contribution in [3.8, 4) is 5.75 Å². The average molecular weight is 470 g/mol. The summed E-state index contributed by atoms with van der Waals surface area (Å²) in [6.07, 6.45) is 5.64. The summed E-state index contributed by atoms with van der Waals surface area (Å²) < 4.78 is 21.0. The van der Waals surface area contributed by atoms with Gasteiger partial charge in [-0.25, -0.2) is 9.37 Å². The Morgan fingerprint density at radius 3 is 2.70 bits per heavy atom. The highest BCUT2D eigenvalue weighted by atomic mass is 35.5. The molecule has 1 aromatic heterocycles. The fraction of sp³-hybridized carbons (Fsp3) is 0.208. The number of ether oxygens (including phenoxy) is 1. The largest absolute Gasteiger partial charge is 0.507 e. The zero-order chi connectivity index (χ0) is 23.5. The quantitative estimate of drug-likeness (QED) is 0.318. The zero-order valence-corrected chi connectivity index (χ0v) is 18.5. The van der Waals surface area contributed by atoms with Gasteiger partial charge in [-0.2, -0.15) is 0 Å². The molecule has 1 N–H and O–H groups in total. The van der Waals surface area contributed by atoms with Crippen LogP contribution in [0.4, 0.5) is 4.39 Å². The molecule has 4 rings (SSSR count). The number of hydrogen-bond donors (Lipinski definition) is 1. The van der Waals surface area contributed by atoms with Crippen molar-refractivity contribution in [3.05, 3.63) is 88.7 Å². The minimum Gasteiger partial charge on any atom is -0.507 e. The molecule has 9 heteroatoms. The molecule has 1 fully saturated rings. The second kappa shape index (κ2) is 9.46. The maximum absolute atomic E-state index is 14.1. The minimum atomic E-state index is -0.940. The molecule has 1 amide bonds. The molecule has 0 bridgehead atoms. The first-order valence-corrected chi connectivity index (χ1v) is 10.6. The number of imidazole rings is 1. The van der Waals surface area contributed by atoms with Gasteiger partial charge in [-0.1, -0.05) is 23.7 Å². The smallest absolute Gasteiger partial charge is 0.295 e. The summed E-state index contributed by atoms with van der Waals surface area (Å²) in [5.74, 6) is -2.09. The van der Waals surface area contributed by atoms with Crippen molar-refractivity contribution >= 4 is 29.1 Å². The molecule has 1 saturated heterocycles. The first kappa shape index (κ1) is 22.5. The van der Waals surface area contributed by atoms with Crippen molar-refractivity contribution in [1.29, 1.82) is 0 Å². The van der Waals surface area contributed by atoms with Gasteiger partial charge in [0.2, 0.25) is 0 Å². The number of carbonyl (C=O) groups excluding carboxylic acids is 2. The van der Waals surface area contributed by atoms with Crippen molar-refractivity contribution in [2.75, 3.05) is 13.7 Å². The molecule has 1 atom stereocenters. The van der Waals surface area contributed by atoms with E-state index in [2.05, 4.69) is 4.98 Å². The van der Waals surface area contributed by atoms with Gasteiger partial charge < -0.3 is 19.3 Å². The fourth-order valence-corrected chi connectivity index (χ4v) is 4.20. The lowest BCUT2D eigenvalue weighted by Crippen LogP contribution is -2.31. The van der Waals surface area contributed by atoms with Gasteiger partial charge in [-0.15, -0.1) is 0 Å². The Labute approximate surface area is 194 Å². The van der Waals surface area contributed by atoms with E-state index in [-0.39, 0.29) is 28.5 Å². The Hall–Kier alpha value is -3.65. The highest BCUT2D eigenvalue weighted by Crippen LogP contribution is 2.40. The number of hydrogen-bond acceptors (Lipinski definition) is 5. The lowest BCUT2D eigenvalue weighted by molar-refractivity contribution is -0.139. The number of aryl methyl sites for hydroxylation is 1. The van der Waals surface area contributed by atoms with Crippen molar-refractivity contribution in [3.63, 3.8) is 0 Å². The Morgan fingerprint density at radius 2 is 2.03 bits per heavy atom. The molecule has 0 aliphatic carbocycles. The number of benzene rings is 2. The number of ketones is 1. The van der Waals surface area contributed by atoms with Gasteiger partial charge in [0.25, 0.3) is 11.7 Å². The molecule has 1 aliphatic heterocycles. The molecule has 2 heterocycles. The van der Waals surface area contributed by atoms with Gasteiger partial charge in [0.05, 0.1) is 30.1 Å². The summed E-state index contributed by atoms with van der Waals surface area (Å²) in [7, 11) is 1.46. The maximum atomic E-state index is 14.1. The third-order valence-electron chi connectivity index (χ3n) is 5.50. The minimum absolute atomic E-state index is 0.116. The Morgan fingerprint density at radius 1 is 1.21 bits per heavy atom. The van der Waals surface area contributed by atoms with E-state index < -0.39 is 23.5 Å². The molecule has 7 nitrogen and oxygen atoms in total. The first-order chi connectivity index (χ1) is 15.9. The van der Waals surface area contributed by atoms with E-state index in [1.165, 1.54) is 42.3 Å². The van der Waals surface area contributed by atoms with Gasteiger partial charge in [0, 0.05) is 31.0 Å². The first-order valence-electron chi connectivity index (χ1n) is 10.2. The van der Waals surface area contributed by atoms with Crippen LogP contribution in [0.3, 0.4) is 0 Å². The molecule has 0 radical (unpaired) electrons. The predicted octanol–water partition coefficient (Wildman–Crippen LogP) is 4.20. The monoisotopic (exact) mass is 469 g/mol. The second-order valence-corrected chi connectivity index (χ2v) is 7.96. The van der Waals surface area contributed by atoms with Crippen LogP contribution in [0.5, 0.6) is 5.75 Å². The zero-order valence-electron chi connectivity index (χ0n) is 17.7. The van der Waals surface area contributed by atoms with E-state index >= 15 is 0 Å². The molecule has 0 spiro atoms. The molecular weight excluding hydrogens is 449 g/mol. The molecule has 0 saturated carbocycles. The molecule has 33 heavy (non-hydrogen) atoms. The van der Waals surface area contributed by atoms with Crippen molar-refractivity contribution in [2.24, 2.45) is 0 Å². The van der Waals surface area contributed by atoms with Crippen LogP contribution in [-0.4, -0.2) is 44.9 Å². The van der Waals surface area contributed by atoms with E-state index in [4.69, 9.17) is 16.3 Å². The average Bonchev–Trinajstić information content (AvgIpc) is 3.41. The lowest BCUT2D eigenvalue weighted by Gasteiger charge is -2.25. The van der Waals surface area contributed by atoms with Gasteiger partial charge in [0.15, 0.2) is 0 Å². The number of carbonyl (C=O) groups is 2. The van der Waals surface area contributed by atoms with Gasteiger partial charge in [-0.3, -0.25) is 9.59 Å². The van der Waals surface area contributed by atoms with Crippen LogP contribution in [0, 0.1) is 5.82 Å². The van der Waals surface area contributed by atoms with Gasteiger partial charge in [-0.05, 0) is 42.3 Å². The van der Waals surface area contributed by atoms with E-state index in [1.807, 2.05) is 4.57 Å². The number of aromatic nitrogens is 2. The fourth-order valence-electron chi connectivity index (χ4n) is 3.95. The Bertz CT molecular complexity index is 1230. The number of nitrogens with zero attached hydrogens (tertiary/aromatic N) is 3. The summed E-state index contributed by atoms with van der Waals surface area (Å²) >= 11 is 6.19. The normalized spacial score (nSPS) is 17.5. The van der Waals surface area contributed by atoms with Crippen LogP contribution in [-0.2, 0) is 16.1 Å². The van der Waals surface area contributed by atoms with Crippen LogP contribution in [0.1, 0.15) is 23.6 Å². The molecule has 1 unspecified atom stereocenters. The number of amides is 1. The number of rotatable bonds is 7. The summed E-state index contributed by atoms with van der Waals surface area (Å²) in [4.78, 5) is 31.3. The number of methoxy groups -OCH3 is 1. The van der Waals surface area contributed by atoms with E-state index in [0.717, 1.165) is 0 Å². The highest BCUT2D eigenvalue weighted by molar-refractivity contribution is 6.46. The van der Waals surface area contributed by atoms with Gasteiger partial charge in [0.1, 0.15) is 17.3 Å². The van der Waals surface area contributed by atoms with Crippen molar-refractivity contribution in [2.45, 2.75) is 19.0 Å². The summed E-state index contributed by atoms with van der Waals surface area (Å²) in [5.41, 5.74) is 0.520. The Balaban J connectivity index is 1.75. The van der Waals surface area contributed by atoms with Crippen molar-refractivity contribution in [1.82, 2.24) is 14.5 Å². The molecule has 2 aromatic carbocycles. The summed E-state index contributed by atoms with van der Waals surface area (Å²) in [5, 5.41) is 11.3. The highest BCUT2D eigenvalue weighted by Gasteiger charge is 2.45. The SMILES string of the molecule is COc1ccc(C(O)=C2C(=O)C(=O)N(CCCn3ccnc3)C2c2cccc(F)c2)cc1Cl. The standard InChI is InChI=1S/C24H21ClFN3O4/c1-33-19-7-6-16(13-18(19)25)22(30)20-21(15-4-2-5-17(26)12-15)29(24(32)23(20)31)10-3-9-28-11-8-27-14-28/h2,4-8,11-14,21,30H,3,9-10H2,1H3. The number of halogens is 2. The van der Waals surface area contributed by atoms with E-state index in [1.54, 1.807) is 30.9 Å². The number of aliphatic hydroxyl groups excluding tert-OH is 1.